The Hall–Kier alpha value is -1.44. The molecule has 0 saturated carbocycles. The van der Waals surface area contributed by atoms with Gasteiger partial charge in [-0.3, -0.25) is 0 Å². The molecule has 1 aromatic carbocycles. The maximum absolute atomic E-state index is 12.2. The number of benzene rings is 1. The van der Waals surface area contributed by atoms with Crippen molar-refractivity contribution in [3.8, 4) is 6.07 Å². The molecule has 0 radical (unpaired) electrons. The summed E-state index contributed by atoms with van der Waals surface area (Å²) in [6.45, 7) is -3.47. The van der Waals surface area contributed by atoms with E-state index in [4.69, 9.17) is 5.26 Å². The van der Waals surface area contributed by atoms with E-state index < -0.39 is 12.4 Å². The first-order chi connectivity index (χ1) is 5.93. The molecular formula is C8H6BF3N-. The molecule has 1 aromatic rings. The van der Waals surface area contributed by atoms with Crippen molar-refractivity contribution in [1.82, 2.24) is 0 Å². The molecule has 5 heteroatoms. The molecule has 0 aromatic heterocycles. The molecule has 0 N–H and O–H groups in total. The zero-order chi connectivity index (χ0) is 10.1. The lowest BCUT2D eigenvalue weighted by Gasteiger charge is -2.15. The molecule has 0 fully saturated rings. The van der Waals surface area contributed by atoms with Gasteiger partial charge in [-0.15, -0.1) is 5.46 Å². The van der Waals surface area contributed by atoms with Crippen molar-refractivity contribution < 1.29 is 12.9 Å². The molecule has 0 aliphatic heterocycles. The molecule has 0 aliphatic carbocycles. The predicted molar refractivity (Wildman–Crippen MR) is 44.6 cm³/mol. The second kappa shape index (κ2) is 3.13. The van der Waals surface area contributed by atoms with E-state index in [-0.39, 0.29) is 5.56 Å². The monoisotopic (exact) mass is 184 g/mol. The van der Waals surface area contributed by atoms with E-state index in [1.165, 1.54) is 13.0 Å². The fourth-order valence-corrected chi connectivity index (χ4v) is 1.07. The van der Waals surface area contributed by atoms with Crippen molar-refractivity contribution in [1.29, 1.82) is 5.26 Å². The number of hydrogen-bond donors (Lipinski definition) is 0. The lowest BCUT2D eigenvalue weighted by Crippen LogP contribution is -2.34. The van der Waals surface area contributed by atoms with Crippen molar-refractivity contribution in [3.05, 3.63) is 29.3 Å². The van der Waals surface area contributed by atoms with Crippen LogP contribution >= 0.6 is 0 Å². The van der Waals surface area contributed by atoms with Crippen molar-refractivity contribution in [2.75, 3.05) is 0 Å². The van der Waals surface area contributed by atoms with E-state index >= 15 is 0 Å². The van der Waals surface area contributed by atoms with E-state index in [0.29, 0.717) is 5.56 Å². The number of rotatable bonds is 1. The van der Waals surface area contributed by atoms with Gasteiger partial charge in [0.25, 0.3) is 0 Å². The fraction of sp³-hybridized carbons (Fsp3) is 0.125. The summed E-state index contributed by atoms with van der Waals surface area (Å²) in [4.78, 5) is 0. The Morgan fingerprint density at radius 2 is 1.85 bits per heavy atom. The Morgan fingerprint density at radius 1 is 1.23 bits per heavy atom. The van der Waals surface area contributed by atoms with Gasteiger partial charge in [-0.2, -0.15) is 5.26 Å². The smallest absolute Gasteiger partial charge is 0.445 e. The first-order valence-electron chi connectivity index (χ1n) is 3.65. The van der Waals surface area contributed by atoms with Gasteiger partial charge in [-0.05, 0) is 13.0 Å². The largest absolute Gasteiger partial charge is 0.509 e. The van der Waals surface area contributed by atoms with Crippen LogP contribution in [0.4, 0.5) is 12.9 Å². The molecular weight excluding hydrogens is 178 g/mol. The van der Waals surface area contributed by atoms with Gasteiger partial charge >= 0.3 is 6.98 Å². The maximum Gasteiger partial charge on any atom is 0.509 e. The molecule has 0 bridgehead atoms. The SMILES string of the molecule is Cc1cc(C#N)cc([B-](F)(F)F)c1. The second-order valence-corrected chi connectivity index (χ2v) is 2.82. The first-order valence-corrected chi connectivity index (χ1v) is 3.65. The molecule has 0 heterocycles. The molecule has 13 heavy (non-hydrogen) atoms. The van der Waals surface area contributed by atoms with Gasteiger partial charge in [0, 0.05) is 5.56 Å². The topological polar surface area (TPSA) is 23.8 Å². The van der Waals surface area contributed by atoms with Gasteiger partial charge < -0.3 is 12.9 Å². The van der Waals surface area contributed by atoms with Crippen LogP contribution in [0, 0.1) is 18.3 Å². The van der Waals surface area contributed by atoms with Gasteiger partial charge in [0.2, 0.25) is 0 Å². The van der Waals surface area contributed by atoms with Gasteiger partial charge in [-0.25, -0.2) is 0 Å². The third kappa shape index (κ3) is 2.25. The van der Waals surface area contributed by atoms with Gasteiger partial charge in [-0.1, -0.05) is 17.7 Å². The summed E-state index contributed by atoms with van der Waals surface area (Å²) < 4.78 is 36.7. The van der Waals surface area contributed by atoms with Crippen LogP contribution < -0.4 is 5.46 Å². The minimum Gasteiger partial charge on any atom is -0.445 e. The average molecular weight is 184 g/mol. The minimum absolute atomic E-state index is 0.0502. The Kier molecular flexibility index (Phi) is 2.33. The maximum atomic E-state index is 12.2. The van der Waals surface area contributed by atoms with Crippen molar-refractivity contribution in [2.45, 2.75) is 6.92 Å². The quantitative estimate of drug-likeness (QED) is 0.611. The summed E-state index contributed by atoms with van der Waals surface area (Å²) in [5.74, 6) is 0. The fourth-order valence-electron chi connectivity index (χ4n) is 1.07. The Morgan fingerprint density at radius 3 is 2.31 bits per heavy atom. The molecule has 68 valence electrons. The lowest BCUT2D eigenvalue weighted by molar-refractivity contribution is 0.501. The zero-order valence-electron chi connectivity index (χ0n) is 6.89. The van der Waals surface area contributed by atoms with E-state index in [9.17, 15) is 12.9 Å². The number of halogens is 3. The van der Waals surface area contributed by atoms with Crippen LogP contribution in [0.3, 0.4) is 0 Å². The highest BCUT2D eigenvalue weighted by Crippen LogP contribution is 2.11. The van der Waals surface area contributed by atoms with E-state index in [0.717, 1.165) is 12.1 Å². The number of nitrogens with zero attached hydrogens (tertiary/aromatic N) is 1. The lowest BCUT2D eigenvalue weighted by atomic mass is 9.78. The Balaban J connectivity index is 3.26. The van der Waals surface area contributed by atoms with Crippen LogP contribution in [0.15, 0.2) is 18.2 Å². The summed E-state index contributed by atoms with van der Waals surface area (Å²) in [7, 11) is 0. The molecule has 0 aliphatic rings. The molecule has 0 atom stereocenters. The van der Waals surface area contributed by atoms with Gasteiger partial charge in [0.15, 0.2) is 0 Å². The van der Waals surface area contributed by atoms with Crippen LogP contribution in [0.25, 0.3) is 0 Å². The van der Waals surface area contributed by atoms with E-state index in [1.807, 2.05) is 0 Å². The first kappa shape index (κ1) is 9.65. The van der Waals surface area contributed by atoms with E-state index in [1.54, 1.807) is 6.07 Å². The molecule has 0 saturated heterocycles. The van der Waals surface area contributed by atoms with Crippen LogP contribution in [-0.4, -0.2) is 6.98 Å². The zero-order valence-corrected chi connectivity index (χ0v) is 6.89. The third-order valence-corrected chi connectivity index (χ3v) is 1.61. The number of aryl methyl sites for hydroxylation is 1. The van der Waals surface area contributed by atoms with Crippen molar-refractivity contribution in [3.63, 3.8) is 0 Å². The highest BCUT2D eigenvalue weighted by atomic mass is 19.4. The van der Waals surface area contributed by atoms with Crippen LogP contribution in [-0.2, 0) is 0 Å². The third-order valence-electron chi connectivity index (χ3n) is 1.61. The summed E-state index contributed by atoms with van der Waals surface area (Å²) in [5.41, 5.74) is -0.209. The van der Waals surface area contributed by atoms with Crippen LogP contribution in [0.1, 0.15) is 11.1 Å². The van der Waals surface area contributed by atoms with Crippen molar-refractivity contribution >= 4 is 12.4 Å². The standard InChI is InChI=1S/C8H6BF3N/c1-6-2-7(5-13)4-8(3-6)9(10,11)12/h2-4H,1H3/q-1. The normalized spacial score (nSPS) is 11.0. The second-order valence-electron chi connectivity index (χ2n) is 2.82. The summed E-state index contributed by atoms with van der Waals surface area (Å²) >= 11 is 0. The predicted octanol–water partition coefficient (Wildman–Crippen LogP) is 1.92. The summed E-state index contributed by atoms with van der Waals surface area (Å²) in [5, 5.41) is 8.44. The number of hydrogen-bond acceptors (Lipinski definition) is 1. The van der Waals surface area contributed by atoms with Crippen LogP contribution in [0.2, 0.25) is 0 Å². The Bertz CT molecular complexity index is 365. The average Bonchev–Trinajstić information content (AvgIpc) is 2.01. The van der Waals surface area contributed by atoms with Crippen LogP contribution in [0.5, 0.6) is 0 Å². The number of nitriles is 1. The van der Waals surface area contributed by atoms with Gasteiger partial charge in [0.05, 0.1) is 6.07 Å². The molecule has 0 spiro atoms. The molecule has 0 amide bonds. The van der Waals surface area contributed by atoms with E-state index in [2.05, 4.69) is 0 Å². The molecule has 1 rings (SSSR count). The highest BCUT2D eigenvalue weighted by Gasteiger charge is 2.25. The minimum atomic E-state index is -5.00. The van der Waals surface area contributed by atoms with Crippen molar-refractivity contribution in [2.24, 2.45) is 0 Å². The summed E-state index contributed by atoms with van der Waals surface area (Å²) in [6, 6.07) is 5.02. The molecule has 1 nitrogen and oxygen atoms in total. The Labute approximate surface area is 73.9 Å². The highest BCUT2D eigenvalue weighted by molar-refractivity contribution is 6.73. The molecule has 0 unspecified atom stereocenters. The van der Waals surface area contributed by atoms with Gasteiger partial charge in [0.1, 0.15) is 0 Å². The summed E-state index contributed by atoms with van der Waals surface area (Å²) in [6.07, 6.45) is 0.